The smallest absolute Gasteiger partial charge is 0.247 e. The second kappa shape index (κ2) is 7.41. The number of amides is 2. The van der Waals surface area contributed by atoms with Crippen LogP contribution in [0.3, 0.4) is 0 Å². The summed E-state index contributed by atoms with van der Waals surface area (Å²) in [4.78, 5) is 23.9. The molecule has 2 aromatic rings. The zero-order valence-corrected chi connectivity index (χ0v) is 12.8. The molecule has 2 aromatic carbocycles. The molecule has 0 spiro atoms. The lowest BCUT2D eigenvalue weighted by Crippen LogP contribution is -2.44. The molecule has 114 valence electrons. The molecule has 0 fully saturated rings. The highest BCUT2D eigenvalue weighted by Crippen LogP contribution is 2.14. The summed E-state index contributed by atoms with van der Waals surface area (Å²) in [5.41, 5.74) is 2.74. The minimum atomic E-state index is -0.598. The minimum absolute atomic E-state index is 0.214. The Bertz CT molecular complexity index is 653. The van der Waals surface area contributed by atoms with Crippen LogP contribution in [-0.2, 0) is 16.0 Å². The van der Waals surface area contributed by atoms with Crippen molar-refractivity contribution in [3.8, 4) is 0 Å². The number of aryl methyl sites for hydroxylation is 1. The fraction of sp³-hybridized carbons (Fsp3) is 0.222. The monoisotopic (exact) mass is 296 g/mol. The van der Waals surface area contributed by atoms with Crippen molar-refractivity contribution in [2.24, 2.45) is 0 Å². The van der Waals surface area contributed by atoms with Crippen LogP contribution in [0.25, 0.3) is 0 Å². The molecule has 4 heteroatoms. The van der Waals surface area contributed by atoms with Gasteiger partial charge in [-0.2, -0.15) is 0 Å². The molecule has 0 unspecified atom stereocenters. The maximum absolute atomic E-state index is 12.5. The van der Waals surface area contributed by atoms with Gasteiger partial charge < -0.3 is 10.6 Å². The molecule has 2 rings (SSSR count). The summed E-state index contributed by atoms with van der Waals surface area (Å²) in [7, 11) is 0. The van der Waals surface area contributed by atoms with E-state index in [0.717, 1.165) is 16.8 Å². The van der Waals surface area contributed by atoms with Gasteiger partial charge in [0.15, 0.2) is 0 Å². The van der Waals surface area contributed by atoms with Crippen LogP contribution in [0.4, 0.5) is 5.69 Å². The molecule has 22 heavy (non-hydrogen) atoms. The van der Waals surface area contributed by atoms with Crippen LogP contribution >= 0.6 is 0 Å². The summed E-state index contributed by atoms with van der Waals surface area (Å²) in [6.07, 6.45) is 0.456. The van der Waals surface area contributed by atoms with Crippen molar-refractivity contribution in [3.05, 3.63) is 65.7 Å². The lowest BCUT2D eigenvalue weighted by atomic mass is 10.0. The maximum atomic E-state index is 12.5. The Balaban J connectivity index is 2.12. The number of nitrogens with one attached hydrogen (secondary N) is 2. The lowest BCUT2D eigenvalue weighted by molar-refractivity contribution is -0.125. The molecule has 0 aromatic heterocycles. The highest BCUT2D eigenvalue weighted by molar-refractivity contribution is 5.97. The Morgan fingerprint density at radius 3 is 2.27 bits per heavy atom. The third-order valence-electron chi connectivity index (χ3n) is 3.38. The highest BCUT2D eigenvalue weighted by atomic mass is 16.2. The Kier molecular flexibility index (Phi) is 5.31. The van der Waals surface area contributed by atoms with Crippen molar-refractivity contribution < 1.29 is 9.59 Å². The van der Waals surface area contributed by atoms with Crippen LogP contribution in [0, 0.1) is 6.92 Å². The predicted octanol–water partition coefficient (Wildman–Crippen LogP) is 2.68. The number of anilines is 1. The third kappa shape index (κ3) is 4.45. The zero-order chi connectivity index (χ0) is 15.9. The van der Waals surface area contributed by atoms with E-state index in [0.29, 0.717) is 6.42 Å². The Morgan fingerprint density at radius 2 is 1.64 bits per heavy atom. The minimum Gasteiger partial charge on any atom is -0.344 e. The van der Waals surface area contributed by atoms with E-state index in [4.69, 9.17) is 0 Å². The van der Waals surface area contributed by atoms with Gasteiger partial charge in [0.1, 0.15) is 6.04 Å². The molecular formula is C18H20N2O2. The van der Waals surface area contributed by atoms with E-state index in [1.54, 1.807) is 0 Å². The standard InChI is InChI=1S/C18H20N2O2/c1-13-8-6-7-11-16(13)20-18(22)17(19-14(2)21)12-15-9-4-3-5-10-15/h3-11,17H,12H2,1-2H3,(H,19,21)(H,20,22)/t17-/m0/s1. The van der Waals surface area contributed by atoms with Gasteiger partial charge in [-0.05, 0) is 24.1 Å². The first-order valence-electron chi connectivity index (χ1n) is 7.24. The van der Waals surface area contributed by atoms with Crippen molar-refractivity contribution in [1.29, 1.82) is 0 Å². The van der Waals surface area contributed by atoms with Crippen molar-refractivity contribution in [3.63, 3.8) is 0 Å². The second-order valence-electron chi connectivity index (χ2n) is 5.25. The van der Waals surface area contributed by atoms with E-state index in [1.165, 1.54) is 6.92 Å². The average Bonchev–Trinajstić information content (AvgIpc) is 2.49. The van der Waals surface area contributed by atoms with Gasteiger partial charge in [-0.15, -0.1) is 0 Å². The molecule has 2 N–H and O–H groups in total. The first-order valence-corrected chi connectivity index (χ1v) is 7.24. The molecule has 0 saturated carbocycles. The normalized spacial score (nSPS) is 11.5. The van der Waals surface area contributed by atoms with E-state index in [1.807, 2.05) is 61.5 Å². The molecule has 0 bridgehead atoms. The maximum Gasteiger partial charge on any atom is 0.247 e. The fourth-order valence-electron chi connectivity index (χ4n) is 2.24. The van der Waals surface area contributed by atoms with Crippen LogP contribution in [-0.4, -0.2) is 17.9 Å². The van der Waals surface area contributed by atoms with Crippen LogP contribution < -0.4 is 10.6 Å². The Morgan fingerprint density at radius 1 is 1.00 bits per heavy atom. The van der Waals surface area contributed by atoms with Gasteiger partial charge in [-0.1, -0.05) is 48.5 Å². The number of para-hydroxylation sites is 1. The van der Waals surface area contributed by atoms with E-state index in [2.05, 4.69) is 10.6 Å². The van der Waals surface area contributed by atoms with Crippen LogP contribution in [0.1, 0.15) is 18.1 Å². The van der Waals surface area contributed by atoms with Gasteiger partial charge in [-0.3, -0.25) is 9.59 Å². The summed E-state index contributed by atoms with van der Waals surface area (Å²) < 4.78 is 0. The molecule has 0 saturated heterocycles. The Labute approximate surface area is 130 Å². The molecule has 0 heterocycles. The van der Waals surface area contributed by atoms with Gasteiger partial charge in [0, 0.05) is 19.0 Å². The van der Waals surface area contributed by atoms with E-state index in [9.17, 15) is 9.59 Å². The third-order valence-corrected chi connectivity index (χ3v) is 3.38. The molecule has 0 aliphatic carbocycles. The van der Waals surface area contributed by atoms with Crippen LogP contribution in [0.15, 0.2) is 54.6 Å². The van der Waals surface area contributed by atoms with Gasteiger partial charge in [0.2, 0.25) is 11.8 Å². The van der Waals surface area contributed by atoms with Crippen molar-refractivity contribution >= 4 is 17.5 Å². The second-order valence-corrected chi connectivity index (χ2v) is 5.25. The van der Waals surface area contributed by atoms with Gasteiger partial charge >= 0.3 is 0 Å². The van der Waals surface area contributed by atoms with E-state index < -0.39 is 6.04 Å². The summed E-state index contributed by atoms with van der Waals surface area (Å²) in [6, 6.07) is 16.6. The predicted molar refractivity (Wildman–Crippen MR) is 87.6 cm³/mol. The Hall–Kier alpha value is -2.62. The molecular weight excluding hydrogens is 276 g/mol. The summed E-state index contributed by atoms with van der Waals surface area (Å²) in [6.45, 7) is 3.35. The van der Waals surface area contributed by atoms with Gasteiger partial charge in [0.05, 0.1) is 0 Å². The fourth-order valence-corrected chi connectivity index (χ4v) is 2.24. The van der Waals surface area contributed by atoms with Gasteiger partial charge in [0.25, 0.3) is 0 Å². The number of rotatable bonds is 5. The quantitative estimate of drug-likeness (QED) is 0.891. The van der Waals surface area contributed by atoms with E-state index in [-0.39, 0.29) is 11.8 Å². The highest BCUT2D eigenvalue weighted by Gasteiger charge is 2.20. The largest absolute Gasteiger partial charge is 0.344 e. The average molecular weight is 296 g/mol. The number of carbonyl (C=O) groups is 2. The molecule has 0 aliphatic rings. The summed E-state index contributed by atoms with van der Waals surface area (Å²) in [5.74, 6) is -0.436. The zero-order valence-electron chi connectivity index (χ0n) is 12.8. The van der Waals surface area contributed by atoms with Crippen molar-refractivity contribution in [2.75, 3.05) is 5.32 Å². The number of hydrogen-bond donors (Lipinski definition) is 2. The molecule has 4 nitrogen and oxygen atoms in total. The number of benzene rings is 2. The van der Waals surface area contributed by atoms with Crippen molar-refractivity contribution in [1.82, 2.24) is 5.32 Å². The first-order chi connectivity index (χ1) is 10.6. The lowest BCUT2D eigenvalue weighted by Gasteiger charge is -2.18. The van der Waals surface area contributed by atoms with Gasteiger partial charge in [-0.25, -0.2) is 0 Å². The van der Waals surface area contributed by atoms with Crippen LogP contribution in [0.2, 0.25) is 0 Å². The summed E-state index contributed by atoms with van der Waals surface area (Å²) >= 11 is 0. The van der Waals surface area contributed by atoms with E-state index >= 15 is 0 Å². The molecule has 0 radical (unpaired) electrons. The molecule has 1 atom stereocenters. The number of hydrogen-bond acceptors (Lipinski definition) is 2. The summed E-state index contributed by atoms with van der Waals surface area (Å²) in [5, 5.41) is 5.60. The molecule has 2 amide bonds. The first kappa shape index (κ1) is 15.8. The topological polar surface area (TPSA) is 58.2 Å². The van der Waals surface area contributed by atoms with Crippen LogP contribution in [0.5, 0.6) is 0 Å². The SMILES string of the molecule is CC(=O)N[C@@H](Cc1ccccc1)C(=O)Nc1ccccc1C. The molecule has 0 aliphatic heterocycles. The van der Waals surface area contributed by atoms with Crippen molar-refractivity contribution in [2.45, 2.75) is 26.3 Å². The number of carbonyl (C=O) groups excluding carboxylic acids is 2.